The second kappa shape index (κ2) is 9.59. The predicted molar refractivity (Wildman–Crippen MR) is 105 cm³/mol. The van der Waals surface area contributed by atoms with Crippen molar-refractivity contribution in [3.05, 3.63) is 53.6 Å². The molecule has 0 aliphatic carbocycles. The molecule has 144 valence electrons. The molecule has 0 heterocycles. The molecule has 0 spiro atoms. The molecule has 2 aromatic carbocycles. The number of hydrogen-bond acceptors (Lipinski definition) is 5. The van der Waals surface area contributed by atoms with Crippen LogP contribution in [0.4, 0.5) is 5.69 Å². The van der Waals surface area contributed by atoms with Crippen LogP contribution in [-0.4, -0.2) is 45.7 Å². The highest BCUT2D eigenvalue weighted by atomic mass is 16.5. The van der Waals surface area contributed by atoms with Gasteiger partial charge in [0, 0.05) is 24.2 Å². The third-order valence-electron chi connectivity index (χ3n) is 4.11. The summed E-state index contributed by atoms with van der Waals surface area (Å²) in [4.78, 5) is 25.2. The third-order valence-corrected chi connectivity index (χ3v) is 4.11. The van der Waals surface area contributed by atoms with Gasteiger partial charge in [0.05, 0.1) is 25.5 Å². The molecule has 3 N–H and O–H groups in total. The number of ether oxygens (including phenoxy) is 2. The molecule has 0 saturated heterocycles. The van der Waals surface area contributed by atoms with Crippen LogP contribution in [0.3, 0.4) is 0 Å². The van der Waals surface area contributed by atoms with Crippen LogP contribution in [0.15, 0.2) is 42.5 Å². The van der Waals surface area contributed by atoms with Gasteiger partial charge in [0.15, 0.2) is 11.5 Å². The lowest BCUT2D eigenvalue weighted by molar-refractivity contribution is 0.0951. The molecule has 0 saturated carbocycles. The van der Waals surface area contributed by atoms with Crippen molar-refractivity contribution in [2.75, 3.05) is 33.1 Å². The molecule has 1 atom stereocenters. The molecule has 0 fully saturated rings. The number of rotatable bonds is 8. The minimum atomic E-state index is -0.319. The molecule has 7 heteroatoms. The summed E-state index contributed by atoms with van der Waals surface area (Å²) < 4.78 is 10.6. The lowest BCUT2D eigenvalue weighted by Gasteiger charge is -2.17. The zero-order valence-corrected chi connectivity index (χ0v) is 16.0. The van der Waals surface area contributed by atoms with Crippen LogP contribution < -0.4 is 25.4 Å². The van der Waals surface area contributed by atoms with Crippen LogP contribution in [0.2, 0.25) is 0 Å². The number of carbonyl (C=O) groups excluding carboxylic acids is 2. The Morgan fingerprint density at radius 2 is 1.63 bits per heavy atom. The maximum atomic E-state index is 12.7. The van der Waals surface area contributed by atoms with E-state index in [9.17, 15) is 9.59 Å². The molecule has 0 aliphatic rings. The van der Waals surface area contributed by atoms with Crippen molar-refractivity contribution in [2.45, 2.75) is 13.0 Å². The van der Waals surface area contributed by atoms with Crippen molar-refractivity contribution in [2.24, 2.45) is 0 Å². The lowest BCUT2D eigenvalue weighted by Crippen LogP contribution is -2.37. The maximum absolute atomic E-state index is 12.7. The second-order valence-electron chi connectivity index (χ2n) is 5.97. The molecular formula is C20H25N3O4. The van der Waals surface area contributed by atoms with Crippen LogP contribution in [0.5, 0.6) is 11.5 Å². The van der Waals surface area contributed by atoms with Gasteiger partial charge in [-0.2, -0.15) is 0 Å². The van der Waals surface area contributed by atoms with Crippen molar-refractivity contribution < 1.29 is 19.1 Å². The number of hydrogen-bond donors (Lipinski definition) is 3. The van der Waals surface area contributed by atoms with Gasteiger partial charge in [-0.1, -0.05) is 18.2 Å². The third kappa shape index (κ3) is 5.21. The second-order valence-corrected chi connectivity index (χ2v) is 5.97. The van der Waals surface area contributed by atoms with Crippen molar-refractivity contribution in [1.82, 2.24) is 10.6 Å². The van der Waals surface area contributed by atoms with E-state index >= 15 is 0 Å². The lowest BCUT2D eigenvalue weighted by atomic mass is 10.1. The molecule has 0 aromatic heterocycles. The molecule has 2 aromatic rings. The molecule has 0 aliphatic heterocycles. The van der Waals surface area contributed by atoms with Gasteiger partial charge in [-0.15, -0.1) is 0 Å². The van der Waals surface area contributed by atoms with Crippen LogP contribution in [-0.2, 0) is 0 Å². The average molecular weight is 371 g/mol. The molecule has 27 heavy (non-hydrogen) atoms. The fourth-order valence-corrected chi connectivity index (χ4v) is 2.40. The van der Waals surface area contributed by atoms with Gasteiger partial charge in [-0.25, -0.2) is 0 Å². The zero-order valence-electron chi connectivity index (χ0n) is 16.0. The first-order valence-electron chi connectivity index (χ1n) is 8.58. The minimum Gasteiger partial charge on any atom is -0.493 e. The SMILES string of the molecule is CNC(C)CNC(=O)c1cc(OC)c(OC)cc1NC(=O)c1ccccc1. The minimum absolute atomic E-state index is 0.108. The summed E-state index contributed by atoms with van der Waals surface area (Å²) in [7, 11) is 4.80. The molecule has 0 radical (unpaired) electrons. The van der Waals surface area contributed by atoms with Crippen LogP contribution in [0, 0.1) is 0 Å². The highest BCUT2D eigenvalue weighted by Crippen LogP contribution is 2.33. The van der Waals surface area contributed by atoms with Gasteiger partial charge in [0.1, 0.15) is 0 Å². The Hall–Kier alpha value is -3.06. The Balaban J connectivity index is 2.35. The van der Waals surface area contributed by atoms with Gasteiger partial charge >= 0.3 is 0 Å². The number of likely N-dealkylation sites (N-methyl/N-ethyl adjacent to an activating group) is 1. The Morgan fingerprint density at radius 3 is 2.22 bits per heavy atom. The van der Waals surface area contributed by atoms with Crippen molar-refractivity contribution in [3.8, 4) is 11.5 Å². The first-order valence-corrected chi connectivity index (χ1v) is 8.58. The monoisotopic (exact) mass is 371 g/mol. The summed E-state index contributed by atoms with van der Waals surface area (Å²) >= 11 is 0. The van der Waals surface area contributed by atoms with E-state index in [0.717, 1.165) is 0 Å². The molecule has 1 unspecified atom stereocenters. The number of amides is 2. The van der Waals surface area contributed by atoms with Crippen LogP contribution >= 0.6 is 0 Å². The van der Waals surface area contributed by atoms with E-state index in [1.165, 1.54) is 14.2 Å². The molecule has 2 rings (SSSR count). The average Bonchev–Trinajstić information content (AvgIpc) is 2.71. The highest BCUT2D eigenvalue weighted by molar-refractivity contribution is 6.09. The summed E-state index contributed by atoms with van der Waals surface area (Å²) in [6.45, 7) is 2.39. The van der Waals surface area contributed by atoms with Gasteiger partial charge in [-0.05, 0) is 32.2 Å². The van der Waals surface area contributed by atoms with Gasteiger partial charge in [0.2, 0.25) is 0 Å². The first kappa shape index (κ1) is 20.3. The summed E-state index contributed by atoms with van der Waals surface area (Å²) in [5.41, 5.74) is 1.12. The molecule has 7 nitrogen and oxygen atoms in total. The number of nitrogens with one attached hydrogen (secondary N) is 3. The van der Waals surface area contributed by atoms with Crippen LogP contribution in [0.25, 0.3) is 0 Å². The van der Waals surface area contributed by atoms with E-state index in [1.54, 1.807) is 36.4 Å². The van der Waals surface area contributed by atoms with E-state index in [4.69, 9.17) is 9.47 Å². The fraction of sp³-hybridized carbons (Fsp3) is 0.300. The summed E-state index contributed by atoms with van der Waals surface area (Å²) in [6, 6.07) is 12.0. The van der Waals surface area contributed by atoms with Crippen molar-refractivity contribution in [1.29, 1.82) is 0 Å². The van der Waals surface area contributed by atoms with Gasteiger partial charge < -0.3 is 25.4 Å². The Bertz CT molecular complexity index is 793. The molecular weight excluding hydrogens is 346 g/mol. The van der Waals surface area contributed by atoms with Gasteiger partial charge in [0.25, 0.3) is 11.8 Å². The van der Waals surface area contributed by atoms with Crippen LogP contribution in [0.1, 0.15) is 27.6 Å². The normalized spacial score (nSPS) is 11.4. The maximum Gasteiger partial charge on any atom is 0.255 e. The zero-order chi connectivity index (χ0) is 19.8. The summed E-state index contributed by atoms with van der Waals surface area (Å²) in [6.07, 6.45) is 0. The molecule has 0 bridgehead atoms. The number of benzene rings is 2. The fourth-order valence-electron chi connectivity index (χ4n) is 2.40. The predicted octanol–water partition coefficient (Wildman–Crippen LogP) is 2.29. The number of methoxy groups -OCH3 is 2. The smallest absolute Gasteiger partial charge is 0.255 e. The highest BCUT2D eigenvalue weighted by Gasteiger charge is 2.19. The standard InChI is InChI=1S/C20H25N3O4/c1-13(21-2)12-22-20(25)15-10-17(26-3)18(27-4)11-16(15)23-19(24)14-8-6-5-7-9-14/h5-11,13,21H,12H2,1-4H3,(H,22,25)(H,23,24). The largest absolute Gasteiger partial charge is 0.493 e. The number of anilines is 1. The Morgan fingerprint density at radius 1 is 1.00 bits per heavy atom. The molecule has 2 amide bonds. The number of carbonyl (C=O) groups is 2. The Labute approximate surface area is 159 Å². The first-order chi connectivity index (χ1) is 13.0. The van der Waals surface area contributed by atoms with Gasteiger partial charge in [-0.3, -0.25) is 9.59 Å². The van der Waals surface area contributed by atoms with E-state index in [-0.39, 0.29) is 17.9 Å². The quantitative estimate of drug-likeness (QED) is 0.663. The summed E-state index contributed by atoms with van der Waals surface area (Å²) in [5, 5.41) is 8.68. The van der Waals surface area contributed by atoms with Crippen molar-refractivity contribution in [3.63, 3.8) is 0 Å². The van der Waals surface area contributed by atoms with E-state index < -0.39 is 0 Å². The van der Waals surface area contributed by atoms with E-state index in [0.29, 0.717) is 34.9 Å². The topological polar surface area (TPSA) is 88.7 Å². The van der Waals surface area contributed by atoms with E-state index in [1.807, 2.05) is 20.0 Å². The summed E-state index contributed by atoms with van der Waals surface area (Å²) in [5.74, 6) is 0.185. The Kier molecular flexibility index (Phi) is 7.19. The van der Waals surface area contributed by atoms with Crippen molar-refractivity contribution >= 4 is 17.5 Å². The van der Waals surface area contributed by atoms with E-state index in [2.05, 4.69) is 16.0 Å².